The summed E-state index contributed by atoms with van der Waals surface area (Å²) in [6, 6.07) is 2.02. The third-order valence-corrected chi connectivity index (χ3v) is 7.71. The molecular formula is C15H19ClN4O3S2. The van der Waals surface area contributed by atoms with Crippen molar-refractivity contribution in [2.24, 2.45) is 0 Å². The highest BCUT2D eigenvalue weighted by Gasteiger charge is 2.30. The van der Waals surface area contributed by atoms with Gasteiger partial charge in [-0.25, -0.2) is 13.4 Å². The second-order valence-corrected chi connectivity index (χ2v) is 9.51. The van der Waals surface area contributed by atoms with E-state index in [1.807, 2.05) is 6.07 Å². The van der Waals surface area contributed by atoms with E-state index in [0.29, 0.717) is 49.1 Å². The second kappa shape index (κ2) is 6.53. The van der Waals surface area contributed by atoms with Crippen LogP contribution in [0.5, 0.6) is 0 Å². The van der Waals surface area contributed by atoms with Gasteiger partial charge in [0.25, 0.3) is 0 Å². The summed E-state index contributed by atoms with van der Waals surface area (Å²) >= 11 is 7.42. The molecule has 2 saturated heterocycles. The summed E-state index contributed by atoms with van der Waals surface area (Å²) in [5, 5.41) is 0.318. The third-order valence-electron chi connectivity index (χ3n) is 4.63. The van der Waals surface area contributed by atoms with Crippen molar-refractivity contribution in [3.05, 3.63) is 11.2 Å². The average molecular weight is 403 g/mol. The Balaban J connectivity index is 1.88. The van der Waals surface area contributed by atoms with Crippen molar-refractivity contribution >= 4 is 54.9 Å². The lowest BCUT2D eigenvalue weighted by molar-refractivity contribution is 0.0986. The van der Waals surface area contributed by atoms with Gasteiger partial charge in [-0.1, -0.05) is 11.6 Å². The first-order valence-electron chi connectivity index (χ1n) is 8.28. The average Bonchev–Trinajstić information content (AvgIpc) is 2.96. The summed E-state index contributed by atoms with van der Waals surface area (Å²) in [4.78, 5) is 6.81. The van der Waals surface area contributed by atoms with E-state index in [1.54, 1.807) is 0 Å². The molecule has 10 heteroatoms. The van der Waals surface area contributed by atoms with Crippen LogP contribution in [-0.4, -0.2) is 55.9 Å². The van der Waals surface area contributed by atoms with E-state index in [2.05, 4.69) is 21.2 Å². The minimum atomic E-state index is -3.32. The number of pyridine rings is 1. The van der Waals surface area contributed by atoms with Gasteiger partial charge in [0, 0.05) is 19.2 Å². The molecule has 25 heavy (non-hydrogen) atoms. The third kappa shape index (κ3) is 3.07. The molecule has 0 radical (unpaired) electrons. The maximum atomic E-state index is 12.6. The van der Waals surface area contributed by atoms with E-state index in [0.717, 1.165) is 16.9 Å². The smallest absolute Gasteiger partial charge is 0.235 e. The van der Waals surface area contributed by atoms with Gasteiger partial charge in [-0.3, -0.25) is 4.31 Å². The first kappa shape index (κ1) is 17.3. The summed E-state index contributed by atoms with van der Waals surface area (Å²) in [5.74, 6) is 0.897. The molecule has 4 rings (SSSR count). The number of halogens is 1. The zero-order valence-electron chi connectivity index (χ0n) is 13.8. The van der Waals surface area contributed by atoms with Crippen molar-refractivity contribution in [1.82, 2.24) is 9.36 Å². The number of hydrogen-bond donors (Lipinski definition) is 0. The lowest BCUT2D eigenvalue weighted by atomic mass is 10.2. The molecule has 2 aliphatic heterocycles. The molecule has 2 aliphatic rings. The minimum absolute atomic E-state index is 0.162. The van der Waals surface area contributed by atoms with E-state index in [4.69, 9.17) is 16.3 Å². The lowest BCUT2D eigenvalue weighted by Crippen LogP contribution is -2.44. The molecule has 0 bridgehead atoms. The summed E-state index contributed by atoms with van der Waals surface area (Å²) in [6.45, 7) is 4.50. The fraction of sp³-hybridized carbons (Fsp3) is 0.600. The highest BCUT2D eigenvalue weighted by Crippen LogP contribution is 2.39. The van der Waals surface area contributed by atoms with E-state index >= 15 is 0 Å². The number of ether oxygens (including phenoxy) is 1. The first-order valence-corrected chi connectivity index (χ1v) is 11.0. The van der Waals surface area contributed by atoms with Crippen LogP contribution in [-0.2, 0) is 14.8 Å². The number of anilines is 2. The fourth-order valence-electron chi connectivity index (χ4n) is 3.32. The fourth-order valence-corrected chi connectivity index (χ4v) is 6.07. The molecule has 0 aliphatic carbocycles. The largest absolute Gasteiger partial charge is 0.377 e. The summed E-state index contributed by atoms with van der Waals surface area (Å²) in [6.07, 6.45) is 1.54. The maximum absolute atomic E-state index is 12.6. The van der Waals surface area contributed by atoms with Gasteiger partial charge in [-0.05, 0) is 31.3 Å². The molecule has 136 valence electrons. The van der Waals surface area contributed by atoms with Crippen LogP contribution in [0.25, 0.3) is 10.2 Å². The monoisotopic (exact) mass is 402 g/mol. The predicted octanol–water partition coefficient (Wildman–Crippen LogP) is 2.50. The minimum Gasteiger partial charge on any atom is -0.377 e. The van der Waals surface area contributed by atoms with E-state index in [9.17, 15) is 8.42 Å². The van der Waals surface area contributed by atoms with Crippen LogP contribution in [0.1, 0.15) is 19.8 Å². The Bertz CT molecular complexity index is 902. The number of hydrogen-bond acceptors (Lipinski definition) is 7. The molecule has 0 N–H and O–H groups in total. The van der Waals surface area contributed by atoms with Crippen molar-refractivity contribution in [3.63, 3.8) is 0 Å². The first-order chi connectivity index (χ1) is 12.0. The lowest BCUT2D eigenvalue weighted by Gasteiger charge is -2.35. The summed E-state index contributed by atoms with van der Waals surface area (Å²) in [7, 11) is -3.32. The van der Waals surface area contributed by atoms with E-state index in [1.165, 1.54) is 15.8 Å². The maximum Gasteiger partial charge on any atom is 0.235 e. The second-order valence-electron chi connectivity index (χ2n) is 6.36. The molecule has 2 fully saturated rings. The van der Waals surface area contributed by atoms with Crippen molar-refractivity contribution in [2.45, 2.75) is 25.8 Å². The molecular weight excluding hydrogens is 384 g/mol. The Kier molecular flexibility index (Phi) is 4.51. The van der Waals surface area contributed by atoms with Crippen molar-refractivity contribution in [3.8, 4) is 0 Å². The van der Waals surface area contributed by atoms with Crippen LogP contribution in [0.3, 0.4) is 0 Å². The molecule has 0 saturated carbocycles. The van der Waals surface area contributed by atoms with Gasteiger partial charge < -0.3 is 9.64 Å². The standard InChI is InChI=1S/C15H19ClN4O3S2/c1-10-9-23-6-5-19(10)12-8-11(14-13(17-12)15(16)18-24-14)20-4-2-3-7-25(20,21)22/h8,10H,2-7,9H2,1H3. The van der Waals surface area contributed by atoms with Gasteiger partial charge in [-0.2, -0.15) is 4.37 Å². The summed E-state index contributed by atoms with van der Waals surface area (Å²) in [5.41, 5.74) is 1.21. The van der Waals surface area contributed by atoms with Crippen molar-refractivity contribution in [2.75, 3.05) is 41.3 Å². The Morgan fingerprint density at radius 3 is 2.96 bits per heavy atom. The Morgan fingerprint density at radius 1 is 1.36 bits per heavy atom. The number of fused-ring (bicyclic) bond motifs is 1. The van der Waals surface area contributed by atoms with Gasteiger partial charge in [-0.15, -0.1) is 0 Å². The number of rotatable bonds is 2. The molecule has 0 spiro atoms. The SMILES string of the molecule is CC1COCCN1c1cc(N2CCCCS2(=O)=O)c2snc(Cl)c2n1. The molecule has 2 aromatic rings. The van der Waals surface area contributed by atoms with Gasteiger partial charge in [0.05, 0.1) is 35.4 Å². The Hall–Kier alpha value is -1.16. The number of sulfonamides is 1. The van der Waals surface area contributed by atoms with Crippen LogP contribution >= 0.6 is 23.1 Å². The van der Waals surface area contributed by atoms with Crippen molar-refractivity contribution in [1.29, 1.82) is 0 Å². The topological polar surface area (TPSA) is 75.6 Å². The molecule has 7 nitrogen and oxygen atoms in total. The zero-order valence-corrected chi connectivity index (χ0v) is 16.2. The number of aromatic nitrogens is 2. The number of nitrogens with zero attached hydrogens (tertiary/aromatic N) is 4. The van der Waals surface area contributed by atoms with Crippen LogP contribution in [0.15, 0.2) is 6.07 Å². The highest BCUT2D eigenvalue weighted by molar-refractivity contribution is 7.92. The van der Waals surface area contributed by atoms with Crippen LogP contribution in [0.4, 0.5) is 11.5 Å². The van der Waals surface area contributed by atoms with Crippen molar-refractivity contribution < 1.29 is 13.2 Å². The molecule has 1 unspecified atom stereocenters. The van der Waals surface area contributed by atoms with Gasteiger partial charge in [0.1, 0.15) is 11.3 Å². The Labute approximate surface area is 155 Å². The normalized spacial score (nSPS) is 24.0. The molecule has 0 amide bonds. The predicted molar refractivity (Wildman–Crippen MR) is 100 cm³/mol. The molecule has 2 aromatic heterocycles. The van der Waals surface area contributed by atoms with E-state index in [-0.39, 0.29) is 11.8 Å². The van der Waals surface area contributed by atoms with Crippen LogP contribution in [0.2, 0.25) is 5.15 Å². The van der Waals surface area contributed by atoms with Gasteiger partial charge >= 0.3 is 0 Å². The Morgan fingerprint density at radius 2 is 2.20 bits per heavy atom. The summed E-state index contributed by atoms with van der Waals surface area (Å²) < 4.78 is 37.1. The van der Waals surface area contributed by atoms with Gasteiger partial charge in [0.2, 0.25) is 10.0 Å². The quantitative estimate of drug-likeness (QED) is 0.768. The molecule has 1 atom stereocenters. The van der Waals surface area contributed by atoms with Crippen LogP contribution < -0.4 is 9.21 Å². The van der Waals surface area contributed by atoms with E-state index < -0.39 is 10.0 Å². The zero-order chi connectivity index (χ0) is 17.6. The number of morpholine rings is 1. The van der Waals surface area contributed by atoms with Gasteiger partial charge in [0.15, 0.2) is 5.15 Å². The highest BCUT2D eigenvalue weighted by atomic mass is 35.5. The molecule has 0 aromatic carbocycles. The molecule has 4 heterocycles. The van der Waals surface area contributed by atoms with Crippen LogP contribution in [0, 0.1) is 0 Å².